The van der Waals surface area contributed by atoms with Crippen molar-refractivity contribution >= 4 is 5.91 Å². The van der Waals surface area contributed by atoms with Crippen LogP contribution in [-0.2, 0) is 6.54 Å². The highest BCUT2D eigenvalue weighted by Crippen LogP contribution is 2.32. The van der Waals surface area contributed by atoms with Crippen LogP contribution in [0.3, 0.4) is 0 Å². The average molecular weight is 380 g/mol. The zero-order valence-corrected chi connectivity index (χ0v) is 14.8. The van der Waals surface area contributed by atoms with Gasteiger partial charge in [0.2, 0.25) is 6.79 Å². The zero-order valence-electron chi connectivity index (χ0n) is 14.8. The molecule has 0 saturated heterocycles. The van der Waals surface area contributed by atoms with E-state index in [9.17, 15) is 9.18 Å². The van der Waals surface area contributed by atoms with Gasteiger partial charge in [0.25, 0.3) is 5.91 Å². The minimum Gasteiger partial charge on any atom is -0.454 e. The molecule has 0 radical (unpaired) electrons. The lowest BCUT2D eigenvalue weighted by atomic mass is 10.1. The lowest BCUT2D eigenvalue weighted by Gasteiger charge is -2.25. The van der Waals surface area contributed by atoms with Crippen LogP contribution in [-0.4, -0.2) is 29.0 Å². The Morgan fingerprint density at radius 1 is 1.14 bits per heavy atom. The number of ether oxygens (including phenoxy) is 2. The van der Waals surface area contributed by atoms with Crippen molar-refractivity contribution in [3.8, 4) is 22.8 Å². The van der Waals surface area contributed by atoms with E-state index in [1.807, 2.05) is 18.2 Å². The number of rotatable bonds is 4. The fourth-order valence-corrected chi connectivity index (χ4v) is 3.37. The molecule has 0 bridgehead atoms. The molecule has 0 spiro atoms. The van der Waals surface area contributed by atoms with Crippen molar-refractivity contribution in [3.05, 3.63) is 65.6 Å². The van der Waals surface area contributed by atoms with Gasteiger partial charge in [-0.05, 0) is 48.0 Å². The molecule has 0 aliphatic carbocycles. The van der Waals surface area contributed by atoms with Crippen LogP contribution >= 0.6 is 0 Å². The topological polar surface area (TPSA) is 77.4 Å². The van der Waals surface area contributed by atoms with E-state index in [1.165, 1.54) is 12.1 Å². The van der Waals surface area contributed by atoms with Crippen LogP contribution in [0.2, 0.25) is 0 Å². The van der Waals surface area contributed by atoms with Crippen molar-refractivity contribution in [1.29, 1.82) is 0 Å². The van der Waals surface area contributed by atoms with Crippen LogP contribution in [0.5, 0.6) is 11.5 Å². The fourth-order valence-electron chi connectivity index (χ4n) is 3.37. The largest absolute Gasteiger partial charge is 0.454 e. The summed E-state index contributed by atoms with van der Waals surface area (Å²) in [6, 6.07) is 13.6. The Morgan fingerprint density at radius 2 is 1.96 bits per heavy atom. The van der Waals surface area contributed by atoms with Crippen LogP contribution in [0.1, 0.15) is 22.2 Å². The van der Waals surface area contributed by atoms with Crippen molar-refractivity contribution in [1.82, 2.24) is 20.4 Å². The molecular weight excluding hydrogens is 363 g/mol. The van der Waals surface area contributed by atoms with Gasteiger partial charge in [0.15, 0.2) is 11.5 Å². The Kier molecular flexibility index (Phi) is 3.98. The van der Waals surface area contributed by atoms with Crippen LogP contribution in [0.4, 0.5) is 4.39 Å². The molecule has 3 aromatic rings. The molecule has 0 fully saturated rings. The number of hydrogen-bond acceptors (Lipinski definition) is 5. The zero-order chi connectivity index (χ0) is 19.1. The van der Waals surface area contributed by atoms with E-state index < -0.39 is 0 Å². The first-order valence-corrected chi connectivity index (χ1v) is 8.93. The molecule has 2 aliphatic rings. The minimum atomic E-state index is -0.311. The van der Waals surface area contributed by atoms with Crippen LogP contribution in [0, 0.1) is 5.82 Å². The molecule has 0 unspecified atom stereocenters. The highest BCUT2D eigenvalue weighted by molar-refractivity contribution is 5.94. The highest BCUT2D eigenvalue weighted by atomic mass is 19.1. The van der Waals surface area contributed by atoms with Crippen molar-refractivity contribution < 1.29 is 18.7 Å². The monoisotopic (exact) mass is 380 g/mol. The number of nitrogens with one attached hydrogen (secondary N) is 2. The molecule has 3 heterocycles. The summed E-state index contributed by atoms with van der Waals surface area (Å²) < 4.78 is 25.6. The smallest absolute Gasteiger partial charge is 0.269 e. The van der Waals surface area contributed by atoms with Gasteiger partial charge >= 0.3 is 0 Å². The van der Waals surface area contributed by atoms with E-state index in [4.69, 9.17) is 9.47 Å². The lowest BCUT2D eigenvalue weighted by Crippen LogP contribution is -2.45. The van der Waals surface area contributed by atoms with Gasteiger partial charge in [0, 0.05) is 12.1 Å². The fraction of sp³-hybridized carbons (Fsp3) is 0.200. The van der Waals surface area contributed by atoms with E-state index >= 15 is 0 Å². The second-order valence-corrected chi connectivity index (χ2v) is 6.66. The maximum Gasteiger partial charge on any atom is 0.269 e. The summed E-state index contributed by atoms with van der Waals surface area (Å²) in [4.78, 5) is 12.2. The first kappa shape index (κ1) is 16.8. The average Bonchev–Trinajstić information content (AvgIpc) is 3.35. The molecule has 1 aromatic heterocycles. The molecule has 7 nitrogen and oxygen atoms in total. The molecular formula is C20H17FN4O3. The van der Waals surface area contributed by atoms with Gasteiger partial charge in [-0.15, -0.1) is 0 Å². The molecule has 8 heteroatoms. The molecule has 2 N–H and O–H groups in total. The van der Waals surface area contributed by atoms with Gasteiger partial charge in [-0.3, -0.25) is 10.1 Å². The van der Waals surface area contributed by atoms with E-state index in [2.05, 4.69) is 15.7 Å². The Hall–Kier alpha value is -3.39. The molecule has 1 amide bonds. The van der Waals surface area contributed by atoms with E-state index in [0.717, 1.165) is 22.6 Å². The van der Waals surface area contributed by atoms with Gasteiger partial charge in [0.05, 0.1) is 12.2 Å². The van der Waals surface area contributed by atoms with Crippen molar-refractivity contribution in [2.45, 2.75) is 12.7 Å². The molecule has 1 atom stereocenters. The van der Waals surface area contributed by atoms with Crippen molar-refractivity contribution in [2.24, 2.45) is 0 Å². The number of hydrogen-bond donors (Lipinski definition) is 2. The number of fused-ring (bicyclic) bond motifs is 2. The number of benzene rings is 2. The van der Waals surface area contributed by atoms with E-state index in [0.29, 0.717) is 24.5 Å². The maximum atomic E-state index is 13.2. The molecule has 5 rings (SSSR count). The standard InChI is InChI=1S/C20H17FN4O3/c21-14-4-2-13(3-5-14)15-8-16-20(26)23-10-19(25(16)24-15)22-9-12-1-6-17-18(7-12)28-11-27-17/h1-8,19,22H,9-11H2,(H,23,26)/t19-/m1/s1. The summed E-state index contributed by atoms with van der Waals surface area (Å²) in [6.45, 7) is 1.23. The Morgan fingerprint density at radius 3 is 2.82 bits per heavy atom. The SMILES string of the molecule is O=C1NC[C@H](NCc2ccc3c(c2)OCO3)n2nc(-c3ccc(F)cc3)cc21. The van der Waals surface area contributed by atoms with Crippen LogP contribution < -0.4 is 20.1 Å². The normalized spacial score (nSPS) is 17.3. The number of carbonyl (C=O) groups is 1. The number of amides is 1. The third kappa shape index (κ3) is 2.97. The third-order valence-electron chi connectivity index (χ3n) is 4.84. The van der Waals surface area contributed by atoms with Crippen molar-refractivity contribution in [2.75, 3.05) is 13.3 Å². The van der Waals surface area contributed by atoms with Crippen LogP contribution in [0.15, 0.2) is 48.5 Å². The summed E-state index contributed by atoms with van der Waals surface area (Å²) in [5.74, 6) is 0.984. The van der Waals surface area contributed by atoms with Gasteiger partial charge < -0.3 is 14.8 Å². The number of nitrogens with zero attached hydrogens (tertiary/aromatic N) is 2. The van der Waals surface area contributed by atoms with E-state index in [-0.39, 0.29) is 24.7 Å². The molecule has 0 saturated carbocycles. The second kappa shape index (κ2) is 6.65. The minimum absolute atomic E-state index is 0.179. The summed E-state index contributed by atoms with van der Waals surface area (Å²) in [7, 11) is 0. The second-order valence-electron chi connectivity index (χ2n) is 6.66. The van der Waals surface area contributed by atoms with Gasteiger partial charge in [0.1, 0.15) is 17.7 Å². The van der Waals surface area contributed by atoms with Crippen molar-refractivity contribution in [3.63, 3.8) is 0 Å². The van der Waals surface area contributed by atoms with Gasteiger partial charge in [-0.25, -0.2) is 9.07 Å². The van der Waals surface area contributed by atoms with Gasteiger partial charge in [-0.1, -0.05) is 6.07 Å². The number of halogens is 1. The summed E-state index contributed by atoms with van der Waals surface area (Å²) in [5, 5.41) is 10.9. The summed E-state index contributed by atoms with van der Waals surface area (Å²) in [5.41, 5.74) is 2.88. The van der Waals surface area contributed by atoms with Crippen LogP contribution in [0.25, 0.3) is 11.3 Å². The maximum absolute atomic E-state index is 13.2. The third-order valence-corrected chi connectivity index (χ3v) is 4.84. The Bertz CT molecular complexity index is 1050. The number of aromatic nitrogens is 2. The predicted molar refractivity (Wildman–Crippen MR) is 98.4 cm³/mol. The number of carbonyl (C=O) groups excluding carboxylic acids is 1. The summed E-state index contributed by atoms with van der Waals surface area (Å²) >= 11 is 0. The van der Waals surface area contributed by atoms with E-state index in [1.54, 1.807) is 22.9 Å². The first-order valence-electron chi connectivity index (χ1n) is 8.93. The molecule has 2 aromatic carbocycles. The van der Waals surface area contributed by atoms with Gasteiger partial charge in [-0.2, -0.15) is 5.10 Å². The Labute approximate surface area is 160 Å². The first-order chi connectivity index (χ1) is 13.7. The highest BCUT2D eigenvalue weighted by Gasteiger charge is 2.27. The summed E-state index contributed by atoms with van der Waals surface area (Å²) in [6.07, 6.45) is -0.202. The molecule has 142 valence electrons. The predicted octanol–water partition coefficient (Wildman–Crippen LogP) is 2.45. The quantitative estimate of drug-likeness (QED) is 0.727. The molecule has 28 heavy (non-hydrogen) atoms. The lowest BCUT2D eigenvalue weighted by molar-refractivity contribution is 0.0900. The molecule has 2 aliphatic heterocycles. The Balaban J connectivity index is 1.38.